The first kappa shape index (κ1) is 24.4. The molecule has 2 aromatic carbocycles. The molecule has 0 N–H and O–H groups in total. The van der Waals surface area contributed by atoms with Crippen molar-refractivity contribution < 1.29 is 22.7 Å². The Morgan fingerprint density at radius 1 is 0.973 bits per heavy atom. The second kappa shape index (κ2) is 10.0. The average molecular weight is 505 g/mol. The minimum Gasteiger partial charge on any atom is -0.497 e. The monoisotopic (exact) mass is 504 g/mol. The van der Waals surface area contributed by atoms with Gasteiger partial charge in [0.05, 0.1) is 24.1 Å². The van der Waals surface area contributed by atoms with Crippen molar-refractivity contribution in [3.8, 4) is 17.1 Å². The van der Waals surface area contributed by atoms with Crippen LogP contribution in [-0.4, -0.2) is 39.4 Å². The second-order valence-corrected chi connectivity index (χ2v) is 8.78. The van der Waals surface area contributed by atoms with Gasteiger partial charge in [0, 0.05) is 37.0 Å². The molecule has 6 nitrogen and oxygen atoms in total. The number of carbonyl (C=O) groups is 1. The number of carbonyl (C=O) groups excluding carboxylic acids is 1. The van der Waals surface area contributed by atoms with E-state index in [4.69, 9.17) is 4.74 Å². The molecule has 1 aliphatic heterocycles. The number of fused-ring (bicyclic) bond motifs is 1. The predicted octanol–water partition coefficient (Wildman–Crippen LogP) is 5.36. The van der Waals surface area contributed by atoms with Gasteiger partial charge in [-0.25, -0.2) is 9.97 Å². The zero-order valence-corrected chi connectivity index (χ0v) is 20.0. The lowest BCUT2D eigenvalue weighted by atomic mass is 9.95. The van der Waals surface area contributed by atoms with Gasteiger partial charge in [-0.05, 0) is 53.4 Å². The lowest BCUT2D eigenvalue weighted by Gasteiger charge is -2.29. The SMILES string of the molecule is COc1ccc(CN2CCc3c(ccnc3-c3cc(Cc4cccc(C(F)(F)F)c4)ncn3)C2=O)cc1. The fourth-order valence-electron chi connectivity index (χ4n) is 4.48. The van der Waals surface area contributed by atoms with Crippen LogP contribution in [0.4, 0.5) is 13.2 Å². The van der Waals surface area contributed by atoms with Crippen molar-refractivity contribution >= 4 is 5.91 Å². The van der Waals surface area contributed by atoms with Crippen molar-refractivity contribution in [1.82, 2.24) is 19.9 Å². The van der Waals surface area contributed by atoms with Gasteiger partial charge in [-0.3, -0.25) is 9.78 Å². The molecular formula is C28H23F3N4O2. The van der Waals surface area contributed by atoms with E-state index in [-0.39, 0.29) is 12.3 Å². The first-order chi connectivity index (χ1) is 17.8. The van der Waals surface area contributed by atoms with Crippen LogP contribution in [0.1, 0.15) is 38.3 Å². The van der Waals surface area contributed by atoms with Crippen LogP contribution in [0.5, 0.6) is 5.75 Å². The van der Waals surface area contributed by atoms with Crippen molar-refractivity contribution in [3.05, 3.63) is 107 Å². The minimum atomic E-state index is -4.41. The zero-order valence-electron chi connectivity index (χ0n) is 20.0. The highest BCUT2D eigenvalue weighted by Gasteiger charge is 2.30. The smallest absolute Gasteiger partial charge is 0.416 e. The second-order valence-electron chi connectivity index (χ2n) is 8.78. The van der Waals surface area contributed by atoms with E-state index < -0.39 is 11.7 Å². The molecule has 0 unspecified atom stereocenters. The normalized spacial score (nSPS) is 13.4. The van der Waals surface area contributed by atoms with Crippen molar-refractivity contribution in [1.29, 1.82) is 0 Å². The number of nitrogens with zero attached hydrogens (tertiary/aromatic N) is 4. The largest absolute Gasteiger partial charge is 0.497 e. The zero-order chi connectivity index (χ0) is 26.0. The third kappa shape index (κ3) is 5.30. The van der Waals surface area contributed by atoms with Crippen molar-refractivity contribution in [2.75, 3.05) is 13.7 Å². The topological polar surface area (TPSA) is 68.2 Å². The number of aromatic nitrogens is 3. The van der Waals surface area contributed by atoms with Gasteiger partial charge in [-0.2, -0.15) is 13.2 Å². The summed E-state index contributed by atoms with van der Waals surface area (Å²) in [4.78, 5) is 28.2. The molecule has 0 fully saturated rings. The fraction of sp³-hybridized carbons (Fsp3) is 0.214. The molecule has 0 aliphatic carbocycles. The number of ether oxygens (including phenoxy) is 1. The van der Waals surface area contributed by atoms with Crippen LogP contribution in [-0.2, 0) is 25.6 Å². The molecule has 2 aromatic heterocycles. The molecule has 1 amide bonds. The Morgan fingerprint density at radius 2 is 1.78 bits per heavy atom. The molecular weight excluding hydrogens is 481 g/mol. The van der Waals surface area contributed by atoms with Crippen LogP contribution >= 0.6 is 0 Å². The van der Waals surface area contributed by atoms with Gasteiger partial charge in [-0.15, -0.1) is 0 Å². The van der Waals surface area contributed by atoms with E-state index in [9.17, 15) is 18.0 Å². The van der Waals surface area contributed by atoms with E-state index >= 15 is 0 Å². The van der Waals surface area contributed by atoms with Gasteiger partial charge in [0.25, 0.3) is 5.91 Å². The van der Waals surface area contributed by atoms with Crippen molar-refractivity contribution in [2.24, 2.45) is 0 Å². The van der Waals surface area contributed by atoms with E-state index in [1.54, 1.807) is 36.4 Å². The maximum absolute atomic E-state index is 13.3. The van der Waals surface area contributed by atoms with E-state index in [0.29, 0.717) is 47.7 Å². The number of methoxy groups -OCH3 is 1. The molecule has 0 spiro atoms. The summed E-state index contributed by atoms with van der Waals surface area (Å²) >= 11 is 0. The third-order valence-corrected chi connectivity index (χ3v) is 6.34. The number of hydrogen-bond acceptors (Lipinski definition) is 5. The number of amides is 1. The molecule has 0 saturated carbocycles. The Bertz CT molecular complexity index is 1440. The Hall–Kier alpha value is -4.27. The lowest BCUT2D eigenvalue weighted by Crippen LogP contribution is -2.37. The van der Waals surface area contributed by atoms with Gasteiger partial charge in [0.1, 0.15) is 12.1 Å². The Morgan fingerprint density at radius 3 is 2.54 bits per heavy atom. The minimum absolute atomic E-state index is 0.0843. The van der Waals surface area contributed by atoms with Crippen LogP contribution in [0.2, 0.25) is 0 Å². The highest BCUT2D eigenvalue weighted by Crippen LogP contribution is 2.31. The summed E-state index contributed by atoms with van der Waals surface area (Å²) in [6, 6.07) is 16.2. The Labute approximate surface area is 211 Å². The summed E-state index contributed by atoms with van der Waals surface area (Å²) < 4.78 is 44.5. The number of pyridine rings is 1. The molecule has 3 heterocycles. The summed E-state index contributed by atoms with van der Waals surface area (Å²) in [5.41, 5.74) is 3.86. The molecule has 188 valence electrons. The highest BCUT2D eigenvalue weighted by molar-refractivity contribution is 5.98. The summed E-state index contributed by atoms with van der Waals surface area (Å²) in [7, 11) is 1.61. The molecule has 0 radical (unpaired) electrons. The van der Waals surface area contributed by atoms with Crippen LogP contribution in [0.15, 0.2) is 73.2 Å². The summed E-state index contributed by atoms with van der Waals surface area (Å²) in [5, 5.41) is 0. The fourth-order valence-corrected chi connectivity index (χ4v) is 4.48. The number of halogens is 3. The summed E-state index contributed by atoms with van der Waals surface area (Å²) in [6.07, 6.45) is -0.637. The van der Waals surface area contributed by atoms with E-state index in [1.165, 1.54) is 12.4 Å². The van der Waals surface area contributed by atoms with Gasteiger partial charge < -0.3 is 9.64 Å². The molecule has 4 aromatic rings. The van der Waals surface area contributed by atoms with Gasteiger partial charge in [0.15, 0.2) is 0 Å². The highest BCUT2D eigenvalue weighted by atomic mass is 19.4. The van der Waals surface area contributed by atoms with Gasteiger partial charge in [-0.1, -0.05) is 30.3 Å². The number of benzene rings is 2. The standard InChI is InChI=1S/C28H23F3N4O2/c1-37-22-7-5-18(6-8-22)16-35-12-10-23-24(27(35)36)9-11-32-26(23)25-15-21(33-17-34-25)14-19-3-2-4-20(13-19)28(29,30)31/h2-9,11,13,15,17H,10,12,14,16H2,1H3. The maximum Gasteiger partial charge on any atom is 0.416 e. The molecule has 5 rings (SSSR count). The maximum atomic E-state index is 13.3. The van der Waals surface area contributed by atoms with Crippen molar-refractivity contribution in [2.45, 2.75) is 25.6 Å². The van der Waals surface area contributed by atoms with Crippen molar-refractivity contribution in [3.63, 3.8) is 0 Å². The number of rotatable bonds is 6. The van der Waals surface area contributed by atoms with Crippen LogP contribution in [0.25, 0.3) is 11.4 Å². The molecule has 0 bridgehead atoms. The van der Waals surface area contributed by atoms with Gasteiger partial charge >= 0.3 is 6.18 Å². The molecule has 9 heteroatoms. The first-order valence-corrected chi connectivity index (χ1v) is 11.7. The Kier molecular flexibility index (Phi) is 6.60. The molecule has 0 saturated heterocycles. The van der Waals surface area contributed by atoms with E-state index in [0.717, 1.165) is 29.0 Å². The lowest BCUT2D eigenvalue weighted by molar-refractivity contribution is -0.137. The van der Waals surface area contributed by atoms with Gasteiger partial charge in [0.2, 0.25) is 0 Å². The number of hydrogen-bond donors (Lipinski definition) is 0. The number of alkyl halides is 3. The molecule has 0 atom stereocenters. The molecule has 37 heavy (non-hydrogen) atoms. The summed E-state index contributed by atoms with van der Waals surface area (Å²) in [5.74, 6) is 0.672. The third-order valence-electron chi connectivity index (χ3n) is 6.34. The van der Waals surface area contributed by atoms with Crippen LogP contribution in [0.3, 0.4) is 0 Å². The average Bonchev–Trinajstić information content (AvgIpc) is 2.90. The Balaban J connectivity index is 1.38. The van der Waals surface area contributed by atoms with Crippen LogP contribution < -0.4 is 4.74 Å². The van der Waals surface area contributed by atoms with Crippen LogP contribution in [0, 0.1) is 0 Å². The summed E-state index contributed by atoms with van der Waals surface area (Å²) in [6.45, 7) is 1.01. The first-order valence-electron chi connectivity index (χ1n) is 11.7. The predicted molar refractivity (Wildman–Crippen MR) is 131 cm³/mol. The molecule has 1 aliphatic rings. The quantitative estimate of drug-likeness (QED) is 0.354. The van der Waals surface area contributed by atoms with E-state index in [2.05, 4.69) is 15.0 Å². The van der Waals surface area contributed by atoms with E-state index in [1.807, 2.05) is 24.3 Å².